The van der Waals surface area contributed by atoms with E-state index < -0.39 is 0 Å². The number of azo groups is 1. The van der Waals surface area contributed by atoms with Crippen molar-refractivity contribution in [3.8, 4) is 6.07 Å². The van der Waals surface area contributed by atoms with Crippen molar-refractivity contribution in [3.05, 3.63) is 64.3 Å². The summed E-state index contributed by atoms with van der Waals surface area (Å²) in [5.41, 5.74) is 3.22. The first-order chi connectivity index (χ1) is 9.69. The van der Waals surface area contributed by atoms with Crippen LogP contribution in [0.2, 0.25) is 0 Å². The van der Waals surface area contributed by atoms with E-state index in [2.05, 4.69) is 21.3 Å². The first kappa shape index (κ1) is 13.6. The molecule has 0 aliphatic carbocycles. The van der Waals surface area contributed by atoms with Crippen LogP contribution in [0.5, 0.6) is 0 Å². The Morgan fingerprint density at radius 2 is 1.40 bits per heavy atom. The van der Waals surface area contributed by atoms with Crippen molar-refractivity contribution in [2.24, 2.45) is 10.2 Å². The van der Waals surface area contributed by atoms with Crippen LogP contribution in [0, 0.1) is 11.3 Å². The summed E-state index contributed by atoms with van der Waals surface area (Å²) in [6.07, 6.45) is 0. The minimum absolute atomic E-state index is 0.620. The van der Waals surface area contributed by atoms with Gasteiger partial charge in [0.15, 0.2) is 0 Å². The summed E-state index contributed by atoms with van der Waals surface area (Å²) in [5, 5.41) is 20.9. The maximum Gasteiger partial charge on any atom is 0.336 e. The zero-order chi connectivity index (χ0) is 14.4. The van der Waals surface area contributed by atoms with Crippen molar-refractivity contribution in [2.75, 3.05) is 19.0 Å². The zero-order valence-electron chi connectivity index (χ0n) is 11.3. The van der Waals surface area contributed by atoms with E-state index in [1.165, 1.54) is 0 Å². The third-order valence-corrected chi connectivity index (χ3v) is 2.69. The van der Waals surface area contributed by atoms with Crippen molar-refractivity contribution in [1.82, 2.24) is 0 Å². The van der Waals surface area contributed by atoms with Crippen LogP contribution in [0.25, 0.3) is 5.01 Å². The summed E-state index contributed by atoms with van der Waals surface area (Å²) in [7, 11) is 3.97. The van der Waals surface area contributed by atoms with Gasteiger partial charge in [0.25, 0.3) is 0 Å². The molecule has 0 spiro atoms. The topological polar surface area (TPSA) is 55.4 Å². The minimum Gasteiger partial charge on any atom is -0.498 e. The molecule has 0 saturated heterocycles. The van der Waals surface area contributed by atoms with Crippen molar-refractivity contribution >= 4 is 17.1 Å². The normalized spacial score (nSPS) is 10.1. The lowest BCUT2D eigenvalue weighted by molar-refractivity contribution is 1.13. The molecule has 0 radical (unpaired) electrons. The molecular weight excluding hydrogens is 252 g/mol. The third kappa shape index (κ3) is 3.56. The van der Waals surface area contributed by atoms with E-state index in [1.807, 2.05) is 43.3 Å². The molecule has 5 heteroatoms. The Kier molecular flexibility index (Phi) is 4.30. The van der Waals surface area contributed by atoms with Crippen LogP contribution >= 0.6 is 0 Å². The van der Waals surface area contributed by atoms with E-state index in [0.29, 0.717) is 11.3 Å². The molecule has 2 aromatic carbocycles. The number of hydrogen-bond acceptors (Lipinski definition) is 4. The number of hydrogen-bond donors (Lipinski definition) is 0. The van der Waals surface area contributed by atoms with Gasteiger partial charge in [-0.05, 0) is 48.5 Å². The van der Waals surface area contributed by atoms with Crippen LogP contribution in [0.15, 0.2) is 58.8 Å². The smallest absolute Gasteiger partial charge is 0.336 e. The Morgan fingerprint density at radius 3 is 1.85 bits per heavy atom. The summed E-state index contributed by atoms with van der Waals surface area (Å²) in [5.74, 6) is 0. The van der Waals surface area contributed by atoms with Crippen LogP contribution in [-0.4, -0.2) is 14.1 Å². The monoisotopic (exact) mass is 266 g/mol. The standard InChI is InChI=1S/C15H14N4O/c1-19(2)15-9-7-14(8-10-15)18-17-13-5-3-12(4-6-13)11-16-20/h3-10H,1-2H3. The van der Waals surface area contributed by atoms with Crippen LogP contribution in [-0.2, 0) is 0 Å². The largest absolute Gasteiger partial charge is 0.498 e. The van der Waals surface area contributed by atoms with Crippen molar-refractivity contribution in [1.29, 1.82) is 0 Å². The van der Waals surface area contributed by atoms with E-state index in [0.717, 1.165) is 11.4 Å². The highest BCUT2D eigenvalue weighted by molar-refractivity contribution is 5.52. The Morgan fingerprint density at radius 1 is 0.900 bits per heavy atom. The Balaban J connectivity index is 2.09. The average molecular weight is 266 g/mol. The molecule has 0 fully saturated rings. The minimum atomic E-state index is 0.620. The SMILES string of the molecule is CN(C)c1ccc(N=Nc2ccc(C#[N+][O-])cc2)cc1. The second kappa shape index (κ2) is 6.34. The van der Waals surface area contributed by atoms with Gasteiger partial charge in [0.05, 0.1) is 11.4 Å². The van der Waals surface area contributed by atoms with Gasteiger partial charge in [-0.2, -0.15) is 10.2 Å². The van der Waals surface area contributed by atoms with E-state index in [4.69, 9.17) is 0 Å². The zero-order valence-corrected chi connectivity index (χ0v) is 11.3. The van der Waals surface area contributed by atoms with Gasteiger partial charge in [-0.1, -0.05) is 0 Å². The van der Waals surface area contributed by atoms with Gasteiger partial charge in [0.1, 0.15) is 5.56 Å². The van der Waals surface area contributed by atoms with Gasteiger partial charge in [0, 0.05) is 24.8 Å². The molecule has 5 nitrogen and oxygen atoms in total. The van der Waals surface area contributed by atoms with E-state index >= 15 is 0 Å². The fourth-order valence-corrected chi connectivity index (χ4v) is 1.59. The van der Waals surface area contributed by atoms with E-state index in [1.54, 1.807) is 24.3 Å². The first-order valence-electron chi connectivity index (χ1n) is 6.06. The molecule has 0 unspecified atom stereocenters. The van der Waals surface area contributed by atoms with E-state index in [9.17, 15) is 5.21 Å². The molecule has 2 rings (SSSR count). The van der Waals surface area contributed by atoms with Gasteiger partial charge < -0.3 is 10.1 Å². The van der Waals surface area contributed by atoms with Gasteiger partial charge in [-0.15, -0.1) is 0 Å². The molecule has 100 valence electrons. The number of anilines is 1. The van der Waals surface area contributed by atoms with Crippen molar-refractivity contribution in [3.63, 3.8) is 0 Å². The molecule has 0 atom stereocenters. The summed E-state index contributed by atoms with van der Waals surface area (Å²) in [6.45, 7) is 0. The fourth-order valence-electron chi connectivity index (χ4n) is 1.59. The summed E-state index contributed by atoms with van der Waals surface area (Å²) < 4.78 is 0. The maximum absolute atomic E-state index is 10.0. The molecule has 2 aromatic rings. The summed E-state index contributed by atoms with van der Waals surface area (Å²) in [6, 6.07) is 17.0. The molecule has 0 N–H and O–H groups in total. The molecule has 0 aliphatic rings. The highest BCUT2D eigenvalue weighted by Crippen LogP contribution is 2.21. The lowest BCUT2D eigenvalue weighted by Crippen LogP contribution is -2.07. The number of nitrogens with zero attached hydrogens (tertiary/aromatic N) is 4. The van der Waals surface area contributed by atoms with Crippen LogP contribution in [0.3, 0.4) is 0 Å². The fraction of sp³-hybridized carbons (Fsp3) is 0.133. The van der Waals surface area contributed by atoms with Crippen LogP contribution in [0.1, 0.15) is 5.56 Å². The Bertz CT molecular complexity index is 649. The van der Waals surface area contributed by atoms with Crippen molar-refractivity contribution in [2.45, 2.75) is 0 Å². The summed E-state index contributed by atoms with van der Waals surface area (Å²) >= 11 is 0. The Labute approximate surface area is 117 Å². The third-order valence-electron chi connectivity index (χ3n) is 2.69. The number of benzene rings is 2. The predicted molar refractivity (Wildman–Crippen MR) is 81.1 cm³/mol. The molecule has 20 heavy (non-hydrogen) atoms. The van der Waals surface area contributed by atoms with Gasteiger partial charge >= 0.3 is 6.07 Å². The molecule has 0 bridgehead atoms. The second-order valence-corrected chi connectivity index (χ2v) is 4.36. The van der Waals surface area contributed by atoms with Gasteiger partial charge in [-0.3, -0.25) is 0 Å². The molecule has 0 aromatic heterocycles. The average Bonchev–Trinajstić information content (AvgIpc) is 2.47. The summed E-state index contributed by atoms with van der Waals surface area (Å²) in [4.78, 5) is 2.02. The molecule has 0 amide bonds. The molecule has 0 aliphatic heterocycles. The van der Waals surface area contributed by atoms with Gasteiger partial charge in [0.2, 0.25) is 0 Å². The van der Waals surface area contributed by atoms with Crippen LogP contribution in [0.4, 0.5) is 17.1 Å². The highest BCUT2D eigenvalue weighted by Gasteiger charge is 1.96. The predicted octanol–water partition coefficient (Wildman–Crippen LogP) is 4.35. The van der Waals surface area contributed by atoms with E-state index in [-0.39, 0.29) is 0 Å². The first-order valence-corrected chi connectivity index (χ1v) is 6.06. The lowest BCUT2D eigenvalue weighted by Gasteiger charge is -2.11. The second-order valence-electron chi connectivity index (χ2n) is 4.36. The lowest BCUT2D eigenvalue weighted by atomic mass is 10.2. The molecular formula is C15H14N4O. The Hall–Kier alpha value is -2.87. The quantitative estimate of drug-likeness (QED) is 0.612. The van der Waals surface area contributed by atoms with Crippen LogP contribution < -0.4 is 4.90 Å². The molecule has 0 heterocycles. The molecule has 0 saturated carbocycles. The van der Waals surface area contributed by atoms with Gasteiger partial charge in [-0.25, -0.2) is 0 Å². The number of rotatable bonds is 3. The maximum atomic E-state index is 10.0. The van der Waals surface area contributed by atoms with Crippen molar-refractivity contribution < 1.29 is 0 Å². The highest BCUT2D eigenvalue weighted by atomic mass is 16.4.